The van der Waals surface area contributed by atoms with Crippen LogP contribution in [0.4, 0.5) is 13.2 Å². The van der Waals surface area contributed by atoms with Gasteiger partial charge in [0.25, 0.3) is 0 Å². The van der Waals surface area contributed by atoms with Crippen LogP contribution < -0.4 is 11.1 Å². The summed E-state index contributed by atoms with van der Waals surface area (Å²) in [6, 6.07) is -0.0182. The summed E-state index contributed by atoms with van der Waals surface area (Å²) >= 11 is 0. The van der Waals surface area contributed by atoms with Crippen LogP contribution in [-0.2, 0) is 12.6 Å². The molecule has 0 aromatic heterocycles. The minimum atomic E-state index is -3.77. The molecule has 1 aromatic rings. The molecule has 178 valence electrons. The van der Waals surface area contributed by atoms with E-state index < -0.39 is 17.4 Å². The predicted molar refractivity (Wildman–Crippen MR) is 134 cm³/mol. The summed E-state index contributed by atoms with van der Waals surface area (Å²) in [5, 5.41) is 3.31. The van der Waals surface area contributed by atoms with Crippen LogP contribution >= 0.6 is 0 Å². The second kappa shape index (κ2) is 13.2. The van der Waals surface area contributed by atoms with Gasteiger partial charge >= 0.3 is 6.05 Å². The van der Waals surface area contributed by atoms with Crippen molar-refractivity contribution in [2.75, 3.05) is 0 Å². The summed E-state index contributed by atoms with van der Waals surface area (Å²) in [6.45, 7) is 11.8. The van der Waals surface area contributed by atoms with Gasteiger partial charge < -0.3 is 5.32 Å². The van der Waals surface area contributed by atoms with Gasteiger partial charge in [-0.3, -0.25) is 10.7 Å². The number of rotatable bonds is 10. The van der Waals surface area contributed by atoms with E-state index in [1.165, 1.54) is 12.1 Å². The molecule has 0 amide bonds. The van der Waals surface area contributed by atoms with Gasteiger partial charge in [0, 0.05) is 16.8 Å². The molecule has 0 heterocycles. The Labute approximate surface area is 197 Å². The van der Waals surface area contributed by atoms with E-state index in [0.29, 0.717) is 11.3 Å². The van der Waals surface area contributed by atoms with E-state index in [1.807, 2.05) is 52.8 Å². The number of alkyl halides is 2. The first-order valence-corrected chi connectivity index (χ1v) is 11.2. The van der Waals surface area contributed by atoms with Crippen LogP contribution in [0.5, 0.6) is 0 Å². The maximum Gasteiger partial charge on any atom is 0.329 e. The number of halogens is 3. The van der Waals surface area contributed by atoms with Crippen LogP contribution in [-0.4, -0.2) is 13.7 Å². The summed E-state index contributed by atoms with van der Waals surface area (Å²) < 4.78 is 41.8. The van der Waals surface area contributed by atoms with E-state index in [1.54, 1.807) is 0 Å². The van der Waals surface area contributed by atoms with Crippen LogP contribution in [0.3, 0.4) is 0 Å². The van der Waals surface area contributed by atoms with Gasteiger partial charge in [-0.05, 0) is 46.6 Å². The molecule has 1 rings (SSSR count). The number of aliphatic imine (C=N–C) groups is 1. The van der Waals surface area contributed by atoms with Gasteiger partial charge in [-0.1, -0.05) is 67.2 Å². The van der Waals surface area contributed by atoms with E-state index in [-0.39, 0.29) is 12.1 Å². The number of nitrogens with one attached hydrogen (secondary N) is 1. The Bertz CT molecular complexity index is 963. The monoisotopic (exact) mass is 457 g/mol. The third kappa shape index (κ3) is 9.08. The van der Waals surface area contributed by atoms with E-state index in [9.17, 15) is 13.2 Å². The summed E-state index contributed by atoms with van der Waals surface area (Å²) in [7, 11) is 6.19. The van der Waals surface area contributed by atoms with E-state index in [0.717, 1.165) is 47.7 Å². The topological polar surface area (TPSA) is 50.4 Å². The number of amidine groups is 1. The van der Waals surface area contributed by atoms with Crippen molar-refractivity contribution < 1.29 is 13.2 Å². The molecule has 1 aromatic carbocycles. The maximum atomic E-state index is 14.7. The number of hydrogen-bond acceptors (Lipinski definition) is 2. The average molecular weight is 457 g/mol. The zero-order valence-electron chi connectivity index (χ0n) is 20.5. The van der Waals surface area contributed by atoms with Crippen LogP contribution in [0.15, 0.2) is 69.3 Å². The van der Waals surface area contributed by atoms with Gasteiger partial charge in [-0.2, -0.15) is 8.78 Å². The molecule has 0 aliphatic rings. The molecule has 3 nitrogen and oxygen atoms in total. The molecule has 0 spiro atoms. The van der Waals surface area contributed by atoms with Gasteiger partial charge in [0.15, 0.2) is 0 Å². The fourth-order valence-corrected chi connectivity index (χ4v) is 2.92. The maximum absolute atomic E-state index is 14.7. The molecule has 0 bridgehead atoms. The average Bonchev–Trinajstić information content (AvgIpc) is 2.74. The Balaban J connectivity index is 3.51. The first-order chi connectivity index (χ1) is 15.4. The zero-order valence-corrected chi connectivity index (χ0v) is 20.5. The first kappa shape index (κ1) is 28.5. The lowest BCUT2D eigenvalue weighted by molar-refractivity contribution is -0.000740. The van der Waals surface area contributed by atoms with Crippen LogP contribution in [0.2, 0.25) is 0 Å². The highest BCUT2D eigenvalue weighted by Crippen LogP contribution is 2.26. The molecule has 0 fully saturated rings. The molecule has 0 atom stereocenters. The van der Waals surface area contributed by atoms with Crippen molar-refractivity contribution in [3.63, 3.8) is 0 Å². The van der Waals surface area contributed by atoms with Crippen LogP contribution in [0, 0.1) is 5.82 Å². The molecule has 3 N–H and O–H groups in total. The third-order valence-electron chi connectivity index (χ3n) is 5.19. The summed E-state index contributed by atoms with van der Waals surface area (Å²) in [5.41, 5.74) is 8.29. The predicted octanol–water partition coefficient (Wildman–Crippen LogP) is 6.77. The van der Waals surface area contributed by atoms with Crippen molar-refractivity contribution >= 4 is 13.7 Å². The van der Waals surface area contributed by atoms with E-state index >= 15 is 0 Å². The van der Waals surface area contributed by atoms with Crippen molar-refractivity contribution in [1.82, 2.24) is 5.32 Å². The SMILES string of the molecule is [B]C(=C/C(C(=NCc1cccc(C(N)(F)F)c1F)NC(C)=C(C)CC)=C(C)C)/C=C/CCC. The number of allylic oxidation sites excluding steroid dienone is 6. The van der Waals surface area contributed by atoms with Crippen molar-refractivity contribution in [1.29, 1.82) is 0 Å². The smallest absolute Gasteiger partial charge is 0.329 e. The molecule has 7 heteroatoms. The standard InChI is InChI=1S/C26H35BF3N3/c1-7-9-10-13-21(27)15-22(17(3)4)25(33-19(6)18(5)8-2)32-16-20-12-11-14-23(24(20)28)26(29,30)31/h10-15H,7-9,16,31H2,1-6H3,(H,32,33)/b13-10+,19-18?,21-15+. The molecule has 33 heavy (non-hydrogen) atoms. The minimum absolute atomic E-state index is 0.0265. The van der Waals surface area contributed by atoms with Gasteiger partial charge in [-0.15, -0.1) is 0 Å². The zero-order chi connectivity index (χ0) is 25.2. The Kier molecular flexibility index (Phi) is 11.4. The number of nitrogens with zero attached hydrogens (tertiary/aromatic N) is 1. The van der Waals surface area contributed by atoms with E-state index in [4.69, 9.17) is 13.6 Å². The van der Waals surface area contributed by atoms with Gasteiger partial charge in [0.2, 0.25) is 0 Å². The number of nitrogens with two attached hydrogens (primary N) is 1. The lowest BCUT2D eigenvalue weighted by Crippen LogP contribution is -2.27. The molecule has 2 radical (unpaired) electrons. The molecule has 0 unspecified atom stereocenters. The third-order valence-corrected chi connectivity index (χ3v) is 5.19. The second-order valence-electron chi connectivity index (χ2n) is 8.20. The summed E-state index contributed by atoms with van der Waals surface area (Å²) in [5.74, 6) is -0.571. The minimum Gasteiger partial charge on any atom is -0.344 e. The summed E-state index contributed by atoms with van der Waals surface area (Å²) in [6.07, 6.45) is 8.42. The Morgan fingerprint density at radius 1 is 1.18 bits per heavy atom. The molecule has 0 saturated heterocycles. The highest BCUT2D eigenvalue weighted by molar-refractivity contribution is 6.24. The van der Waals surface area contributed by atoms with Gasteiger partial charge in [0.05, 0.1) is 12.1 Å². The molecular formula is C26H35BF3N3. The lowest BCUT2D eigenvalue weighted by atomic mass is 9.91. The fraction of sp³-hybridized carbons (Fsp3) is 0.423. The first-order valence-electron chi connectivity index (χ1n) is 11.2. The highest BCUT2D eigenvalue weighted by atomic mass is 19.3. The molecular weight excluding hydrogens is 422 g/mol. The molecule has 0 aliphatic carbocycles. The Hall–Kier alpha value is -2.54. The van der Waals surface area contributed by atoms with Crippen molar-refractivity contribution in [3.8, 4) is 0 Å². The van der Waals surface area contributed by atoms with Crippen LogP contribution in [0.25, 0.3) is 0 Å². The quantitative estimate of drug-likeness (QED) is 0.134. The highest BCUT2D eigenvalue weighted by Gasteiger charge is 2.30. The fourth-order valence-electron chi connectivity index (χ4n) is 2.92. The largest absolute Gasteiger partial charge is 0.344 e. The number of benzene rings is 1. The Morgan fingerprint density at radius 3 is 2.39 bits per heavy atom. The van der Waals surface area contributed by atoms with Crippen molar-refractivity contribution in [3.05, 3.63) is 81.3 Å². The van der Waals surface area contributed by atoms with E-state index in [2.05, 4.69) is 17.2 Å². The number of unbranched alkanes of at least 4 members (excludes halogenated alkanes) is 1. The van der Waals surface area contributed by atoms with Gasteiger partial charge in [-0.25, -0.2) is 4.39 Å². The molecule has 0 saturated carbocycles. The lowest BCUT2D eigenvalue weighted by Gasteiger charge is -2.17. The second-order valence-corrected chi connectivity index (χ2v) is 8.20. The van der Waals surface area contributed by atoms with Crippen molar-refractivity contribution in [2.45, 2.75) is 73.4 Å². The van der Waals surface area contributed by atoms with Crippen molar-refractivity contribution in [2.24, 2.45) is 10.7 Å². The van der Waals surface area contributed by atoms with Gasteiger partial charge in [0.1, 0.15) is 19.5 Å². The summed E-state index contributed by atoms with van der Waals surface area (Å²) in [4.78, 5) is 4.57. The molecule has 0 aliphatic heterocycles. The van der Waals surface area contributed by atoms with Crippen LogP contribution in [0.1, 0.15) is 71.9 Å². The normalized spacial score (nSPS) is 13.9. The Morgan fingerprint density at radius 2 is 1.85 bits per heavy atom. The number of hydrogen-bond donors (Lipinski definition) is 2.